The summed E-state index contributed by atoms with van der Waals surface area (Å²) in [5.74, 6) is 5.33. The van der Waals surface area contributed by atoms with Crippen LogP contribution in [0.15, 0.2) is 0 Å². The van der Waals surface area contributed by atoms with E-state index in [0.29, 0.717) is 0 Å². The van der Waals surface area contributed by atoms with Crippen molar-refractivity contribution in [1.29, 1.82) is 0 Å². The van der Waals surface area contributed by atoms with Gasteiger partial charge in [-0.25, -0.2) is 0 Å². The maximum absolute atomic E-state index is 2.81. The minimum atomic E-state index is 0.774. The highest BCUT2D eigenvalue weighted by molar-refractivity contribution is 4.96. The zero-order valence-electron chi connectivity index (χ0n) is 25.7. The molecule has 5 aliphatic heterocycles. The maximum Gasteiger partial charge on any atom is 0.0103 e. The molecule has 37 heavy (non-hydrogen) atoms. The number of rotatable bonds is 3. The Hall–Kier alpha value is -0.120. The molecule has 0 radical (unpaired) electrons. The molecule has 0 aromatic heterocycles. The fourth-order valence-corrected chi connectivity index (χ4v) is 10.2. The monoisotopic (exact) mass is 514 g/mol. The fourth-order valence-electron chi connectivity index (χ4n) is 10.2. The predicted molar refractivity (Wildman–Crippen MR) is 159 cm³/mol. The van der Waals surface area contributed by atoms with Gasteiger partial charge in [-0.05, 0) is 148 Å². The summed E-state index contributed by atoms with van der Waals surface area (Å²) < 4.78 is 0. The van der Waals surface area contributed by atoms with Crippen molar-refractivity contribution >= 4 is 0 Å². The quantitative estimate of drug-likeness (QED) is 0.381. The Morgan fingerprint density at radius 2 is 0.838 bits per heavy atom. The van der Waals surface area contributed by atoms with Gasteiger partial charge in [0.1, 0.15) is 0 Å². The molecule has 4 saturated carbocycles. The molecule has 6 unspecified atom stereocenters. The summed E-state index contributed by atoms with van der Waals surface area (Å²) in [5, 5.41) is 0. The molecule has 3 nitrogen and oxygen atoms in total. The van der Waals surface area contributed by atoms with Crippen LogP contribution in [-0.2, 0) is 0 Å². The normalized spacial score (nSPS) is 41.4. The highest BCUT2D eigenvalue weighted by Crippen LogP contribution is 2.47. The number of hydrogen-bond acceptors (Lipinski definition) is 3. The molecule has 9 rings (SSSR count). The Balaban J connectivity index is 0.000000115. The molecule has 9 fully saturated rings. The standard InChI is InChI=1S/C13H23N.C11H21N.C10H19N/c1-9(2)14-8-12-4-10-3-11(5-12)7-13(14)6-10;1-9(2)12-8-10-4-3-5-11(12)7-6-10;1-8(2)11-7-9-4-3-5-10(11)6-9/h9-13H,3-8H2,1-2H3;9-11H,3-8H2,1-2H3;8-10H,3-7H2,1-2H3. The fraction of sp³-hybridized carbons (Fsp3) is 1.00. The second-order valence-corrected chi connectivity index (χ2v) is 15.5. The van der Waals surface area contributed by atoms with Crippen molar-refractivity contribution < 1.29 is 0 Å². The van der Waals surface area contributed by atoms with Crippen LogP contribution in [0.1, 0.15) is 131 Å². The summed E-state index contributed by atoms with van der Waals surface area (Å²) in [7, 11) is 0. The summed E-state index contributed by atoms with van der Waals surface area (Å²) >= 11 is 0. The highest BCUT2D eigenvalue weighted by Gasteiger charge is 2.43. The highest BCUT2D eigenvalue weighted by atomic mass is 15.2. The van der Waals surface area contributed by atoms with Gasteiger partial charge in [-0.2, -0.15) is 0 Å². The van der Waals surface area contributed by atoms with Crippen LogP contribution < -0.4 is 0 Å². The molecule has 9 aliphatic rings. The van der Waals surface area contributed by atoms with E-state index >= 15 is 0 Å². The molecule has 6 atom stereocenters. The van der Waals surface area contributed by atoms with Crippen LogP contribution >= 0.6 is 0 Å². The van der Waals surface area contributed by atoms with Gasteiger partial charge in [0.2, 0.25) is 0 Å². The van der Waals surface area contributed by atoms with Gasteiger partial charge >= 0.3 is 0 Å². The van der Waals surface area contributed by atoms with Crippen LogP contribution in [0, 0.1) is 29.6 Å². The van der Waals surface area contributed by atoms with Crippen molar-refractivity contribution in [3.63, 3.8) is 0 Å². The van der Waals surface area contributed by atoms with E-state index in [2.05, 4.69) is 56.2 Å². The summed E-state index contributed by atoms with van der Waals surface area (Å²) in [6.07, 6.45) is 21.1. The summed E-state index contributed by atoms with van der Waals surface area (Å²) in [6.45, 7) is 18.3. The summed E-state index contributed by atoms with van der Waals surface area (Å²) in [4.78, 5) is 8.25. The lowest BCUT2D eigenvalue weighted by atomic mass is 9.68. The van der Waals surface area contributed by atoms with E-state index in [-0.39, 0.29) is 0 Å². The zero-order chi connectivity index (χ0) is 26.1. The van der Waals surface area contributed by atoms with Gasteiger partial charge in [0, 0.05) is 55.9 Å². The topological polar surface area (TPSA) is 9.72 Å². The van der Waals surface area contributed by atoms with E-state index in [0.717, 1.165) is 65.8 Å². The first kappa shape index (κ1) is 28.4. The largest absolute Gasteiger partial charge is 0.298 e. The molecule has 214 valence electrons. The average Bonchev–Trinajstić information content (AvgIpc) is 3.13. The molecule has 5 saturated heterocycles. The van der Waals surface area contributed by atoms with E-state index in [9.17, 15) is 0 Å². The Morgan fingerprint density at radius 3 is 1.46 bits per heavy atom. The van der Waals surface area contributed by atoms with Gasteiger partial charge in [0.15, 0.2) is 0 Å². The molecule has 8 bridgehead atoms. The number of piperidine rings is 1. The van der Waals surface area contributed by atoms with Gasteiger partial charge in [0.05, 0.1) is 0 Å². The van der Waals surface area contributed by atoms with Crippen LogP contribution in [0.5, 0.6) is 0 Å². The van der Waals surface area contributed by atoms with Crippen LogP contribution in [0.3, 0.4) is 0 Å². The Bertz CT molecular complexity index is 685. The minimum absolute atomic E-state index is 0.774. The molecule has 0 spiro atoms. The van der Waals surface area contributed by atoms with Crippen molar-refractivity contribution in [1.82, 2.24) is 14.7 Å². The van der Waals surface area contributed by atoms with E-state index in [1.807, 2.05) is 0 Å². The number of hydrogen-bond donors (Lipinski definition) is 0. The molecular weight excluding hydrogens is 450 g/mol. The molecule has 0 aromatic rings. The number of fused-ring (bicyclic) bond motifs is 7. The molecular formula is C34H63N3. The van der Waals surface area contributed by atoms with Crippen molar-refractivity contribution in [3.05, 3.63) is 0 Å². The third-order valence-electron chi connectivity index (χ3n) is 11.8. The Labute approximate surface area is 231 Å². The minimum Gasteiger partial charge on any atom is -0.298 e. The number of nitrogens with zero attached hydrogens (tertiary/aromatic N) is 3. The van der Waals surface area contributed by atoms with E-state index in [1.54, 1.807) is 19.3 Å². The van der Waals surface area contributed by atoms with Crippen LogP contribution in [0.25, 0.3) is 0 Å². The van der Waals surface area contributed by atoms with Crippen molar-refractivity contribution in [2.75, 3.05) is 19.6 Å². The lowest BCUT2D eigenvalue weighted by Gasteiger charge is -2.40. The average molecular weight is 514 g/mol. The Kier molecular flexibility index (Phi) is 9.67. The lowest BCUT2D eigenvalue weighted by molar-refractivity contribution is 0.0914. The van der Waals surface area contributed by atoms with Gasteiger partial charge in [-0.1, -0.05) is 12.8 Å². The van der Waals surface area contributed by atoms with Crippen molar-refractivity contribution in [2.45, 2.75) is 168 Å². The van der Waals surface area contributed by atoms with Crippen LogP contribution in [0.2, 0.25) is 0 Å². The second kappa shape index (κ2) is 12.6. The SMILES string of the molecule is CC(C)N1CC2CC3CC(C2)CC1C3.CC(C)N1CC2CCCC1C2.CC(C)N1CC2CCCC1CC2. The van der Waals surface area contributed by atoms with E-state index in [4.69, 9.17) is 0 Å². The van der Waals surface area contributed by atoms with Crippen molar-refractivity contribution in [2.24, 2.45) is 29.6 Å². The third kappa shape index (κ3) is 6.97. The smallest absolute Gasteiger partial charge is 0.0103 e. The summed E-state index contributed by atoms with van der Waals surface area (Å²) in [5.41, 5.74) is 0. The van der Waals surface area contributed by atoms with Gasteiger partial charge in [-0.3, -0.25) is 14.7 Å². The van der Waals surface area contributed by atoms with Crippen LogP contribution in [0.4, 0.5) is 0 Å². The first-order valence-corrected chi connectivity index (χ1v) is 17.0. The van der Waals surface area contributed by atoms with Crippen molar-refractivity contribution in [3.8, 4) is 0 Å². The molecule has 0 N–H and O–H groups in total. The number of likely N-dealkylation sites (tertiary alicyclic amines) is 1. The third-order valence-corrected chi connectivity index (χ3v) is 11.8. The van der Waals surface area contributed by atoms with Gasteiger partial charge in [0.25, 0.3) is 0 Å². The van der Waals surface area contributed by atoms with Crippen LogP contribution in [-0.4, -0.2) is 70.6 Å². The maximum atomic E-state index is 2.81. The first-order chi connectivity index (χ1) is 17.8. The Morgan fingerprint density at radius 1 is 0.378 bits per heavy atom. The molecule has 4 aliphatic carbocycles. The van der Waals surface area contributed by atoms with E-state index in [1.165, 1.54) is 90.3 Å². The summed E-state index contributed by atoms with van der Waals surface area (Å²) in [6, 6.07) is 5.17. The predicted octanol–water partition coefficient (Wildman–Crippen LogP) is 7.83. The lowest BCUT2D eigenvalue weighted by Crippen LogP contribution is -2.45. The molecule has 0 amide bonds. The van der Waals surface area contributed by atoms with E-state index < -0.39 is 0 Å². The molecule has 5 heterocycles. The molecule has 0 aromatic carbocycles. The van der Waals surface area contributed by atoms with Gasteiger partial charge < -0.3 is 0 Å². The zero-order valence-corrected chi connectivity index (χ0v) is 25.7. The van der Waals surface area contributed by atoms with Gasteiger partial charge in [-0.15, -0.1) is 0 Å². The first-order valence-electron chi connectivity index (χ1n) is 17.0. The molecule has 3 heteroatoms. The second-order valence-electron chi connectivity index (χ2n) is 15.5.